The highest BCUT2D eigenvalue weighted by atomic mass is 32.2. The molecule has 0 heterocycles. The number of aryl methyl sites for hydroxylation is 1. The zero-order valence-corrected chi connectivity index (χ0v) is 13.8. The van der Waals surface area contributed by atoms with E-state index in [0.29, 0.717) is 17.8 Å². The molecule has 0 amide bonds. The summed E-state index contributed by atoms with van der Waals surface area (Å²) in [5.74, 6) is 1.79. The molecule has 2 rings (SSSR count). The van der Waals surface area contributed by atoms with Gasteiger partial charge in [-0.2, -0.15) is 0 Å². The van der Waals surface area contributed by atoms with Crippen molar-refractivity contribution in [2.24, 2.45) is 17.8 Å². The lowest BCUT2D eigenvalue weighted by atomic mass is 9.75. The van der Waals surface area contributed by atoms with E-state index in [1.807, 2.05) is 31.2 Å². The number of benzene rings is 1. The van der Waals surface area contributed by atoms with Crippen LogP contribution in [0.4, 0.5) is 0 Å². The molecule has 0 aliphatic heterocycles. The molecule has 4 atom stereocenters. The lowest BCUT2D eigenvalue weighted by Gasteiger charge is -2.36. The molecule has 1 aliphatic rings. The lowest BCUT2D eigenvalue weighted by Crippen LogP contribution is -2.34. The summed E-state index contributed by atoms with van der Waals surface area (Å²) in [5, 5.41) is 0. The van der Waals surface area contributed by atoms with E-state index in [2.05, 4.69) is 20.8 Å². The average Bonchev–Trinajstić information content (AvgIpc) is 2.39. The third-order valence-corrected chi connectivity index (χ3v) is 5.46. The summed E-state index contributed by atoms with van der Waals surface area (Å²) >= 11 is -1.34. The van der Waals surface area contributed by atoms with E-state index >= 15 is 0 Å². The molecule has 1 aromatic rings. The van der Waals surface area contributed by atoms with Crippen LogP contribution in [-0.2, 0) is 15.3 Å². The highest BCUT2D eigenvalue weighted by Crippen LogP contribution is 2.36. The van der Waals surface area contributed by atoms with E-state index in [-0.39, 0.29) is 6.10 Å². The van der Waals surface area contributed by atoms with Crippen LogP contribution in [0.25, 0.3) is 0 Å². The van der Waals surface area contributed by atoms with Gasteiger partial charge in [0.05, 0.1) is 11.0 Å². The first-order chi connectivity index (χ1) is 9.47. The standard InChI is InChI=1S/C17H26O2S/c1-12(2)16-10-7-14(4)11-17(16)19-20(18)15-8-5-13(3)6-9-15/h5-6,8-9,12,14,16-17H,7,10-11H2,1-4H3/t14-,16+,17+,20-/m1/s1. The van der Waals surface area contributed by atoms with E-state index < -0.39 is 11.1 Å². The van der Waals surface area contributed by atoms with Crippen LogP contribution in [0.5, 0.6) is 0 Å². The molecule has 20 heavy (non-hydrogen) atoms. The smallest absolute Gasteiger partial charge is 0.189 e. The van der Waals surface area contributed by atoms with Gasteiger partial charge in [0.2, 0.25) is 0 Å². The van der Waals surface area contributed by atoms with Crippen molar-refractivity contribution in [2.45, 2.75) is 58.0 Å². The van der Waals surface area contributed by atoms with Gasteiger partial charge in [0, 0.05) is 0 Å². The maximum Gasteiger partial charge on any atom is 0.189 e. The fraction of sp³-hybridized carbons (Fsp3) is 0.647. The molecule has 0 bridgehead atoms. The predicted octanol–water partition coefficient (Wildman–Crippen LogP) is 4.50. The van der Waals surface area contributed by atoms with Crippen LogP contribution >= 0.6 is 0 Å². The second kappa shape index (κ2) is 6.86. The van der Waals surface area contributed by atoms with E-state index in [9.17, 15) is 4.21 Å². The van der Waals surface area contributed by atoms with Crippen LogP contribution in [0.2, 0.25) is 0 Å². The summed E-state index contributed by atoms with van der Waals surface area (Å²) in [6, 6.07) is 7.78. The van der Waals surface area contributed by atoms with Crippen molar-refractivity contribution in [2.75, 3.05) is 0 Å². The van der Waals surface area contributed by atoms with Gasteiger partial charge in [-0.25, -0.2) is 4.21 Å². The van der Waals surface area contributed by atoms with Crippen LogP contribution in [0, 0.1) is 24.7 Å². The molecule has 1 saturated carbocycles. The largest absolute Gasteiger partial charge is 0.283 e. The molecule has 0 saturated heterocycles. The number of hydrogen-bond acceptors (Lipinski definition) is 2. The van der Waals surface area contributed by atoms with E-state index in [1.54, 1.807) is 0 Å². The fourth-order valence-electron chi connectivity index (χ4n) is 3.04. The van der Waals surface area contributed by atoms with Crippen LogP contribution in [0.1, 0.15) is 45.6 Å². The topological polar surface area (TPSA) is 26.3 Å². The molecular weight excluding hydrogens is 268 g/mol. The molecule has 0 spiro atoms. The maximum absolute atomic E-state index is 12.4. The molecule has 1 aromatic carbocycles. The van der Waals surface area contributed by atoms with Crippen LogP contribution < -0.4 is 0 Å². The zero-order chi connectivity index (χ0) is 14.7. The first kappa shape index (κ1) is 15.7. The van der Waals surface area contributed by atoms with Crippen LogP contribution in [0.15, 0.2) is 29.2 Å². The van der Waals surface area contributed by atoms with Gasteiger partial charge < -0.3 is 0 Å². The van der Waals surface area contributed by atoms with Gasteiger partial charge in [-0.3, -0.25) is 4.18 Å². The summed E-state index contributed by atoms with van der Waals surface area (Å²) in [7, 11) is 0. The Morgan fingerprint density at radius 3 is 2.45 bits per heavy atom. The SMILES string of the molecule is Cc1ccc([S@](=O)O[C@H]2C[C@H](C)CC[C@H]2C(C)C)cc1. The number of hydrogen-bond donors (Lipinski definition) is 0. The third kappa shape index (κ3) is 3.92. The third-order valence-electron chi connectivity index (χ3n) is 4.39. The molecule has 1 fully saturated rings. The Kier molecular flexibility index (Phi) is 5.39. The minimum absolute atomic E-state index is 0.126. The van der Waals surface area contributed by atoms with E-state index in [1.165, 1.54) is 18.4 Å². The van der Waals surface area contributed by atoms with Gasteiger partial charge in [0.1, 0.15) is 0 Å². The summed E-state index contributed by atoms with van der Waals surface area (Å²) in [6.07, 6.45) is 3.61. The Hall–Kier alpha value is -0.670. The molecule has 0 aromatic heterocycles. The second-order valence-corrected chi connectivity index (χ2v) is 7.64. The normalized spacial score (nSPS) is 28.6. The van der Waals surface area contributed by atoms with Gasteiger partial charge in [-0.1, -0.05) is 44.9 Å². The first-order valence-corrected chi connectivity index (χ1v) is 8.70. The molecule has 112 valence electrons. The molecule has 3 heteroatoms. The summed E-state index contributed by atoms with van der Waals surface area (Å²) < 4.78 is 18.3. The summed E-state index contributed by atoms with van der Waals surface area (Å²) in [4.78, 5) is 0.774. The Morgan fingerprint density at radius 1 is 1.20 bits per heavy atom. The highest BCUT2D eigenvalue weighted by molar-refractivity contribution is 7.80. The van der Waals surface area contributed by atoms with Gasteiger partial charge in [0.15, 0.2) is 11.1 Å². The van der Waals surface area contributed by atoms with Gasteiger partial charge >= 0.3 is 0 Å². The molecular formula is C17H26O2S. The van der Waals surface area contributed by atoms with E-state index in [4.69, 9.17) is 4.18 Å². The van der Waals surface area contributed by atoms with Crippen molar-refractivity contribution >= 4 is 11.1 Å². The molecule has 0 N–H and O–H groups in total. The zero-order valence-electron chi connectivity index (χ0n) is 13.0. The Labute approximate surface area is 125 Å². The van der Waals surface area contributed by atoms with Crippen LogP contribution in [0.3, 0.4) is 0 Å². The minimum Gasteiger partial charge on any atom is -0.283 e. The Bertz CT molecular complexity index is 453. The molecule has 2 nitrogen and oxygen atoms in total. The van der Waals surface area contributed by atoms with Gasteiger partial charge in [-0.05, 0) is 49.7 Å². The fourth-order valence-corrected chi connectivity index (χ4v) is 3.96. The van der Waals surface area contributed by atoms with Crippen molar-refractivity contribution in [1.29, 1.82) is 0 Å². The number of rotatable bonds is 4. The monoisotopic (exact) mass is 294 g/mol. The summed E-state index contributed by atoms with van der Waals surface area (Å²) in [5.41, 5.74) is 1.18. The van der Waals surface area contributed by atoms with Gasteiger partial charge in [-0.15, -0.1) is 0 Å². The summed E-state index contributed by atoms with van der Waals surface area (Å²) in [6.45, 7) is 8.78. The maximum atomic E-state index is 12.4. The van der Waals surface area contributed by atoms with Crippen LogP contribution in [-0.4, -0.2) is 10.3 Å². The molecule has 1 aliphatic carbocycles. The minimum atomic E-state index is -1.34. The van der Waals surface area contributed by atoms with Crippen molar-refractivity contribution in [3.8, 4) is 0 Å². The van der Waals surface area contributed by atoms with Crippen molar-refractivity contribution in [1.82, 2.24) is 0 Å². The lowest BCUT2D eigenvalue weighted by molar-refractivity contribution is 0.0567. The Morgan fingerprint density at radius 2 is 1.85 bits per heavy atom. The molecule has 0 unspecified atom stereocenters. The second-order valence-electron chi connectivity index (χ2n) is 6.51. The van der Waals surface area contributed by atoms with Crippen molar-refractivity contribution in [3.05, 3.63) is 29.8 Å². The predicted molar refractivity (Wildman–Crippen MR) is 83.8 cm³/mol. The highest BCUT2D eigenvalue weighted by Gasteiger charge is 2.33. The van der Waals surface area contributed by atoms with Crippen molar-refractivity contribution in [3.63, 3.8) is 0 Å². The van der Waals surface area contributed by atoms with E-state index in [0.717, 1.165) is 11.3 Å². The first-order valence-electron chi connectivity index (χ1n) is 7.63. The quantitative estimate of drug-likeness (QED) is 0.817. The molecule has 0 radical (unpaired) electrons. The van der Waals surface area contributed by atoms with Crippen molar-refractivity contribution < 1.29 is 8.39 Å². The Balaban J connectivity index is 2.05. The average molecular weight is 294 g/mol. The van der Waals surface area contributed by atoms with Gasteiger partial charge in [0.25, 0.3) is 0 Å².